The zero-order chi connectivity index (χ0) is 17.1. The molecule has 24 heavy (non-hydrogen) atoms. The summed E-state index contributed by atoms with van der Waals surface area (Å²) in [5.41, 5.74) is 7.09. The van der Waals surface area contributed by atoms with Gasteiger partial charge in [-0.05, 0) is 43.3 Å². The molecule has 0 unspecified atom stereocenters. The number of fused-ring (bicyclic) bond motifs is 1. The molecule has 124 valence electrons. The Hall–Kier alpha value is -2.73. The number of aromatic nitrogens is 2. The van der Waals surface area contributed by atoms with Crippen LogP contribution in [0.3, 0.4) is 0 Å². The number of halogens is 1. The van der Waals surface area contributed by atoms with Crippen LogP contribution in [0, 0.1) is 5.82 Å². The quantitative estimate of drug-likeness (QED) is 0.778. The van der Waals surface area contributed by atoms with Crippen molar-refractivity contribution in [1.82, 2.24) is 9.97 Å². The minimum atomic E-state index is -0.358. The minimum Gasteiger partial charge on any atom is -0.494 e. The molecule has 2 aromatic carbocycles. The third kappa shape index (κ3) is 3.00. The lowest BCUT2D eigenvalue weighted by atomic mass is 10.2. The van der Waals surface area contributed by atoms with E-state index in [1.165, 1.54) is 6.07 Å². The van der Waals surface area contributed by atoms with E-state index in [0.29, 0.717) is 29.2 Å². The molecule has 0 spiro atoms. The number of hydrogen-bond donors (Lipinski definition) is 1. The van der Waals surface area contributed by atoms with E-state index < -0.39 is 0 Å². The van der Waals surface area contributed by atoms with E-state index in [-0.39, 0.29) is 12.4 Å². The Bertz CT molecular complexity index is 852. The van der Waals surface area contributed by atoms with E-state index in [4.69, 9.17) is 10.5 Å². The maximum absolute atomic E-state index is 14.4. The first-order valence-electron chi connectivity index (χ1n) is 7.75. The second-order valence-electron chi connectivity index (χ2n) is 5.29. The highest BCUT2D eigenvalue weighted by molar-refractivity contribution is 5.92. The van der Waals surface area contributed by atoms with Crippen LogP contribution in [0.15, 0.2) is 42.5 Å². The fourth-order valence-corrected chi connectivity index (χ4v) is 2.56. The average molecular weight is 326 g/mol. The van der Waals surface area contributed by atoms with Gasteiger partial charge in [0.2, 0.25) is 0 Å². The molecule has 0 aliphatic rings. The predicted octanol–water partition coefficient (Wildman–Crippen LogP) is 3.39. The standard InChI is InChI=1S/C18H19FN4O/c1-3-24-13-9-7-12(8-10-13)23(2)18-17-14(19)5-4-6-15(17)21-16(11-20)22-18/h4-10H,3,11,20H2,1-2H3. The summed E-state index contributed by atoms with van der Waals surface area (Å²) in [5.74, 6) is 1.39. The molecule has 0 radical (unpaired) electrons. The van der Waals surface area contributed by atoms with Crippen LogP contribution in [0.4, 0.5) is 15.9 Å². The van der Waals surface area contributed by atoms with Gasteiger partial charge in [0, 0.05) is 12.7 Å². The molecule has 0 amide bonds. The second kappa shape index (κ2) is 6.80. The number of benzene rings is 2. The van der Waals surface area contributed by atoms with Gasteiger partial charge in [-0.2, -0.15) is 0 Å². The Kier molecular flexibility index (Phi) is 4.57. The number of hydrogen-bond acceptors (Lipinski definition) is 5. The van der Waals surface area contributed by atoms with Crippen molar-refractivity contribution in [3.8, 4) is 5.75 Å². The summed E-state index contributed by atoms with van der Waals surface area (Å²) in [6.45, 7) is 2.73. The van der Waals surface area contributed by atoms with Crippen LogP contribution in [0.5, 0.6) is 5.75 Å². The lowest BCUT2D eigenvalue weighted by Crippen LogP contribution is -2.15. The Morgan fingerprint density at radius 1 is 1.12 bits per heavy atom. The third-order valence-corrected chi connectivity index (χ3v) is 3.73. The molecule has 2 N–H and O–H groups in total. The predicted molar refractivity (Wildman–Crippen MR) is 93.1 cm³/mol. The zero-order valence-electron chi connectivity index (χ0n) is 13.7. The first-order chi connectivity index (χ1) is 11.6. The van der Waals surface area contributed by atoms with Gasteiger partial charge < -0.3 is 15.4 Å². The molecule has 0 bridgehead atoms. The summed E-state index contributed by atoms with van der Waals surface area (Å²) in [6.07, 6.45) is 0. The van der Waals surface area contributed by atoms with Crippen molar-refractivity contribution in [2.75, 3.05) is 18.6 Å². The number of nitrogens with two attached hydrogens (primary N) is 1. The fourth-order valence-electron chi connectivity index (χ4n) is 2.56. The number of ether oxygens (including phenoxy) is 1. The largest absolute Gasteiger partial charge is 0.494 e. The van der Waals surface area contributed by atoms with Crippen LogP contribution >= 0.6 is 0 Å². The van der Waals surface area contributed by atoms with Gasteiger partial charge >= 0.3 is 0 Å². The second-order valence-corrected chi connectivity index (χ2v) is 5.29. The van der Waals surface area contributed by atoms with Gasteiger partial charge in [0.25, 0.3) is 0 Å². The van der Waals surface area contributed by atoms with Crippen LogP contribution in [0.25, 0.3) is 10.9 Å². The maximum atomic E-state index is 14.4. The van der Waals surface area contributed by atoms with Crippen molar-refractivity contribution in [3.63, 3.8) is 0 Å². The van der Waals surface area contributed by atoms with Crippen LogP contribution < -0.4 is 15.4 Å². The van der Waals surface area contributed by atoms with E-state index in [0.717, 1.165) is 11.4 Å². The molecule has 6 heteroatoms. The highest BCUT2D eigenvalue weighted by atomic mass is 19.1. The molecular formula is C18H19FN4O. The molecule has 3 rings (SSSR count). The monoisotopic (exact) mass is 326 g/mol. The van der Waals surface area contributed by atoms with Gasteiger partial charge in [0.15, 0.2) is 0 Å². The van der Waals surface area contributed by atoms with Crippen LogP contribution in [0.1, 0.15) is 12.7 Å². The minimum absolute atomic E-state index is 0.191. The van der Waals surface area contributed by atoms with E-state index in [1.54, 1.807) is 12.1 Å². The van der Waals surface area contributed by atoms with Gasteiger partial charge in [-0.1, -0.05) is 6.07 Å². The van der Waals surface area contributed by atoms with E-state index in [9.17, 15) is 4.39 Å². The molecule has 1 heterocycles. The van der Waals surface area contributed by atoms with E-state index >= 15 is 0 Å². The van der Waals surface area contributed by atoms with Crippen molar-refractivity contribution in [3.05, 3.63) is 54.1 Å². The number of anilines is 2. The maximum Gasteiger partial charge on any atom is 0.147 e. The molecule has 5 nitrogen and oxygen atoms in total. The molecule has 0 saturated carbocycles. The third-order valence-electron chi connectivity index (χ3n) is 3.73. The lowest BCUT2D eigenvalue weighted by Gasteiger charge is -2.21. The molecule has 0 aliphatic carbocycles. The summed E-state index contributed by atoms with van der Waals surface area (Å²) < 4.78 is 19.8. The lowest BCUT2D eigenvalue weighted by molar-refractivity contribution is 0.340. The zero-order valence-corrected chi connectivity index (χ0v) is 13.7. The Labute approximate surface area is 139 Å². The Morgan fingerprint density at radius 2 is 1.88 bits per heavy atom. The van der Waals surface area contributed by atoms with E-state index in [2.05, 4.69) is 9.97 Å². The Morgan fingerprint density at radius 3 is 2.54 bits per heavy atom. The van der Waals surface area contributed by atoms with E-state index in [1.807, 2.05) is 43.1 Å². The summed E-state index contributed by atoms with van der Waals surface area (Å²) in [6, 6.07) is 12.4. The van der Waals surface area contributed by atoms with Crippen LogP contribution in [-0.4, -0.2) is 23.6 Å². The van der Waals surface area contributed by atoms with Gasteiger partial charge in [-0.3, -0.25) is 0 Å². The van der Waals surface area contributed by atoms with Crippen LogP contribution in [-0.2, 0) is 6.54 Å². The van der Waals surface area contributed by atoms with Gasteiger partial charge in [-0.25, -0.2) is 14.4 Å². The molecular weight excluding hydrogens is 307 g/mol. The van der Waals surface area contributed by atoms with Gasteiger partial charge in [-0.15, -0.1) is 0 Å². The Balaban J connectivity index is 2.09. The highest BCUT2D eigenvalue weighted by Gasteiger charge is 2.16. The normalized spacial score (nSPS) is 10.8. The van der Waals surface area contributed by atoms with Crippen molar-refractivity contribution in [2.24, 2.45) is 5.73 Å². The first kappa shape index (κ1) is 16.1. The van der Waals surface area contributed by atoms with Crippen molar-refractivity contribution in [1.29, 1.82) is 0 Å². The van der Waals surface area contributed by atoms with Gasteiger partial charge in [0.05, 0.1) is 24.1 Å². The summed E-state index contributed by atoms with van der Waals surface area (Å²) >= 11 is 0. The number of nitrogens with zero attached hydrogens (tertiary/aromatic N) is 3. The molecule has 1 aromatic heterocycles. The fraction of sp³-hybridized carbons (Fsp3) is 0.222. The van der Waals surface area contributed by atoms with Crippen molar-refractivity contribution < 1.29 is 9.13 Å². The summed E-state index contributed by atoms with van der Waals surface area (Å²) in [5, 5.41) is 0.381. The molecule has 0 aliphatic heterocycles. The average Bonchev–Trinajstić information content (AvgIpc) is 2.61. The highest BCUT2D eigenvalue weighted by Crippen LogP contribution is 2.31. The first-order valence-corrected chi connectivity index (χ1v) is 7.75. The van der Waals surface area contributed by atoms with Gasteiger partial charge in [0.1, 0.15) is 23.2 Å². The number of rotatable bonds is 5. The summed E-state index contributed by atoms with van der Waals surface area (Å²) in [4.78, 5) is 10.6. The smallest absolute Gasteiger partial charge is 0.147 e. The van der Waals surface area contributed by atoms with Crippen molar-refractivity contribution in [2.45, 2.75) is 13.5 Å². The molecule has 0 saturated heterocycles. The summed E-state index contributed by atoms with van der Waals surface area (Å²) in [7, 11) is 1.84. The topological polar surface area (TPSA) is 64.3 Å². The SMILES string of the molecule is CCOc1ccc(N(C)c2nc(CN)nc3cccc(F)c23)cc1. The molecule has 3 aromatic rings. The molecule has 0 atom stereocenters. The van der Waals surface area contributed by atoms with Crippen LogP contribution in [0.2, 0.25) is 0 Å². The van der Waals surface area contributed by atoms with Crippen molar-refractivity contribution >= 4 is 22.4 Å². The molecule has 0 fully saturated rings.